The average Bonchev–Trinajstić information content (AvgIpc) is 2.28. The second kappa shape index (κ2) is 6.89. The van der Waals surface area contributed by atoms with E-state index in [1.165, 1.54) is 8.61 Å². The minimum absolute atomic E-state index is 0. The lowest BCUT2D eigenvalue weighted by Gasteiger charge is -2.34. The third-order valence-electron chi connectivity index (χ3n) is 3.28. The molecular formula is C10H24ClN3O2S. The fraction of sp³-hybridized carbons (Fsp3) is 1.00. The fourth-order valence-electron chi connectivity index (χ4n) is 1.83. The van der Waals surface area contributed by atoms with Gasteiger partial charge in [0.15, 0.2) is 0 Å². The Bertz CT molecular complexity index is 316. The van der Waals surface area contributed by atoms with Gasteiger partial charge in [-0.3, -0.25) is 0 Å². The van der Waals surface area contributed by atoms with Gasteiger partial charge in [0.2, 0.25) is 0 Å². The SMILES string of the molecule is CC(C)N(C)S(=O)(=O)N(C)C1CCNCC1.Cl. The number of rotatable bonds is 4. The summed E-state index contributed by atoms with van der Waals surface area (Å²) in [5.74, 6) is 0. The summed E-state index contributed by atoms with van der Waals surface area (Å²) in [5, 5.41) is 3.24. The molecule has 0 aromatic heterocycles. The van der Waals surface area contributed by atoms with Crippen molar-refractivity contribution in [2.24, 2.45) is 0 Å². The maximum Gasteiger partial charge on any atom is 0.281 e. The van der Waals surface area contributed by atoms with Crippen LogP contribution in [0.2, 0.25) is 0 Å². The van der Waals surface area contributed by atoms with Gasteiger partial charge in [-0.1, -0.05) is 0 Å². The Kier molecular flexibility index (Phi) is 6.94. The lowest BCUT2D eigenvalue weighted by molar-refractivity contribution is 0.270. The van der Waals surface area contributed by atoms with Crippen molar-refractivity contribution in [2.45, 2.75) is 38.8 Å². The van der Waals surface area contributed by atoms with Gasteiger partial charge < -0.3 is 5.32 Å². The molecule has 7 heteroatoms. The molecule has 0 unspecified atom stereocenters. The molecule has 1 aliphatic heterocycles. The molecule has 1 rings (SSSR count). The molecule has 1 N–H and O–H groups in total. The van der Waals surface area contributed by atoms with Gasteiger partial charge in [0, 0.05) is 26.2 Å². The normalized spacial score (nSPS) is 18.8. The van der Waals surface area contributed by atoms with Crippen LogP contribution in [0.25, 0.3) is 0 Å². The molecule has 0 saturated carbocycles. The average molecular weight is 286 g/mol. The smallest absolute Gasteiger partial charge is 0.281 e. The van der Waals surface area contributed by atoms with E-state index in [1.807, 2.05) is 13.8 Å². The van der Waals surface area contributed by atoms with Crippen molar-refractivity contribution in [3.63, 3.8) is 0 Å². The molecule has 104 valence electrons. The van der Waals surface area contributed by atoms with Crippen molar-refractivity contribution in [1.82, 2.24) is 13.9 Å². The molecular weight excluding hydrogens is 262 g/mol. The van der Waals surface area contributed by atoms with E-state index >= 15 is 0 Å². The summed E-state index contributed by atoms with van der Waals surface area (Å²) < 4.78 is 27.4. The third kappa shape index (κ3) is 4.06. The van der Waals surface area contributed by atoms with Crippen LogP contribution >= 0.6 is 12.4 Å². The zero-order valence-electron chi connectivity index (χ0n) is 11.0. The summed E-state index contributed by atoms with van der Waals surface area (Å²) in [4.78, 5) is 0. The van der Waals surface area contributed by atoms with Crippen LogP contribution in [0.4, 0.5) is 0 Å². The Morgan fingerprint density at radius 3 is 2.06 bits per heavy atom. The summed E-state index contributed by atoms with van der Waals surface area (Å²) in [6, 6.07) is 0.126. The van der Waals surface area contributed by atoms with Crippen molar-refractivity contribution in [2.75, 3.05) is 27.2 Å². The second-order valence-corrected chi connectivity index (χ2v) is 6.66. The van der Waals surface area contributed by atoms with Gasteiger partial charge >= 0.3 is 0 Å². The van der Waals surface area contributed by atoms with Crippen LogP contribution in [0.5, 0.6) is 0 Å². The second-order valence-electron chi connectivity index (χ2n) is 4.62. The van der Waals surface area contributed by atoms with Gasteiger partial charge in [0.05, 0.1) is 0 Å². The molecule has 0 spiro atoms. The van der Waals surface area contributed by atoms with E-state index < -0.39 is 10.2 Å². The molecule has 17 heavy (non-hydrogen) atoms. The highest BCUT2D eigenvalue weighted by molar-refractivity contribution is 7.86. The molecule has 0 aromatic carbocycles. The van der Waals surface area contributed by atoms with Crippen molar-refractivity contribution in [1.29, 1.82) is 0 Å². The quantitative estimate of drug-likeness (QED) is 0.826. The monoisotopic (exact) mass is 285 g/mol. The minimum Gasteiger partial charge on any atom is -0.317 e. The van der Waals surface area contributed by atoms with Crippen LogP contribution in [0.1, 0.15) is 26.7 Å². The minimum atomic E-state index is -3.30. The predicted molar refractivity (Wildman–Crippen MR) is 72.7 cm³/mol. The number of hydrogen-bond donors (Lipinski definition) is 1. The van der Waals surface area contributed by atoms with Gasteiger partial charge in [-0.05, 0) is 39.8 Å². The molecule has 0 aliphatic carbocycles. The molecule has 0 bridgehead atoms. The highest BCUT2D eigenvalue weighted by atomic mass is 35.5. The standard InChI is InChI=1S/C10H23N3O2S.ClH/c1-9(2)12(3)16(14,15)13(4)10-5-7-11-8-6-10;/h9-11H,5-8H2,1-4H3;1H. The maximum absolute atomic E-state index is 12.2. The Morgan fingerprint density at radius 1 is 1.18 bits per heavy atom. The van der Waals surface area contributed by atoms with Gasteiger partial charge in [-0.25, -0.2) is 0 Å². The lowest BCUT2D eigenvalue weighted by atomic mass is 10.1. The summed E-state index contributed by atoms with van der Waals surface area (Å²) in [5.41, 5.74) is 0. The van der Waals surface area contributed by atoms with E-state index in [2.05, 4.69) is 5.32 Å². The van der Waals surface area contributed by atoms with Gasteiger partial charge in [-0.15, -0.1) is 12.4 Å². The van der Waals surface area contributed by atoms with Crippen LogP contribution in [0, 0.1) is 0 Å². The lowest BCUT2D eigenvalue weighted by Crippen LogP contribution is -2.50. The first-order valence-electron chi connectivity index (χ1n) is 5.79. The summed E-state index contributed by atoms with van der Waals surface area (Å²) in [7, 11) is 0.0222. The summed E-state index contributed by atoms with van der Waals surface area (Å²) in [6.45, 7) is 5.56. The number of piperidine rings is 1. The Morgan fingerprint density at radius 2 is 1.65 bits per heavy atom. The van der Waals surface area contributed by atoms with E-state index in [0.29, 0.717) is 0 Å². The van der Waals surface area contributed by atoms with E-state index in [-0.39, 0.29) is 24.5 Å². The topological polar surface area (TPSA) is 52.7 Å². The van der Waals surface area contributed by atoms with E-state index in [9.17, 15) is 8.42 Å². The molecule has 0 atom stereocenters. The zero-order chi connectivity index (χ0) is 12.3. The molecule has 0 radical (unpaired) electrons. The molecule has 0 aromatic rings. The molecule has 5 nitrogen and oxygen atoms in total. The van der Waals surface area contributed by atoms with E-state index in [4.69, 9.17) is 0 Å². The number of hydrogen-bond acceptors (Lipinski definition) is 3. The summed E-state index contributed by atoms with van der Waals surface area (Å²) in [6.07, 6.45) is 1.78. The highest BCUT2D eigenvalue weighted by Crippen LogP contribution is 2.17. The molecule has 1 fully saturated rings. The van der Waals surface area contributed by atoms with Gasteiger partial charge in [0.25, 0.3) is 10.2 Å². The van der Waals surface area contributed by atoms with Crippen molar-refractivity contribution >= 4 is 22.6 Å². The first-order chi connectivity index (χ1) is 7.37. The number of nitrogens with one attached hydrogen (secondary N) is 1. The molecule has 1 saturated heterocycles. The van der Waals surface area contributed by atoms with E-state index in [1.54, 1.807) is 14.1 Å². The fourth-order valence-corrected chi connectivity index (χ4v) is 3.35. The van der Waals surface area contributed by atoms with Crippen LogP contribution in [0.3, 0.4) is 0 Å². The van der Waals surface area contributed by atoms with Crippen LogP contribution < -0.4 is 5.32 Å². The number of halogens is 1. The zero-order valence-corrected chi connectivity index (χ0v) is 12.6. The molecule has 0 amide bonds. The highest BCUT2D eigenvalue weighted by Gasteiger charge is 2.31. The van der Waals surface area contributed by atoms with Crippen LogP contribution in [-0.4, -0.2) is 56.3 Å². The van der Waals surface area contributed by atoms with E-state index in [0.717, 1.165) is 25.9 Å². The molecule has 1 heterocycles. The predicted octanol–water partition coefficient (Wildman–Crippen LogP) is 0.677. The number of nitrogens with zero attached hydrogens (tertiary/aromatic N) is 2. The molecule has 1 aliphatic rings. The maximum atomic E-state index is 12.2. The Labute approximate surface area is 111 Å². The van der Waals surface area contributed by atoms with Crippen molar-refractivity contribution in [3.05, 3.63) is 0 Å². The van der Waals surface area contributed by atoms with Gasteiger partial charge in [0.1, 0.15) is 0 Å². The van der Waals surface area contributed by atoms with Crippen LogP contribution in [0.15, 0.2) is 0 Å². The first kappa shape index (κ1) is 17.1. The summed E-state index contributed by atoms with van der Waals surface area (Å²) >= 11 is 0. The largest absolute Gasteiger partial charge is 0.317 e. The first-order valence-corrected chi connectivity index (χ1v) is 7.18. The van der Waals surface area contributed by atoms with Crippen molar-refractivity contribution < 1.29 is 8.42 Å². The Hall–Kier alpha value is 0.120. The third-order valence-corrected chi connectivity index (χ3v) is 5.45. The van der Waals surface area contributed by atoms with Crippen molar-refractivity contribution in [3.8, 4) is 0 Å². The Balaban J connectivity index is 0.00000256. The van der Waals surface area contributed by atoms with Crippen LogP contribution in [-0.2, 0) is 10.2 Å². The van der Waals surface area contributed by atoms with Gasteiger partial charge in [-0.2, -0.15) is 17.0 Å².